The molecule has 0 radical (unpaired) electrons. The normalized spacial score (nSPS) is 12.1. The summed E-state index contributed by atoms with van der Waals surface area (Å²) in [5, 5.41) is -0.419. The topological polar surface area (TPSA) is 98.0 Å². The van der Waals surface area contributed by atoms with Crippen LogP contribution < -0.4 is 0 Å². The highest BCUT2D eigenvalue weighted by Gasteiger charge is 2.14. The number of aliphatic imine (C=N–C) groups is 2. The van der Waals surface area contributed by atoms with E-state index in [-0.39, 0.29) is 18.0 Å². The van der Waals surface area contributed by atoms with Crippen LogP contribution in [0.1, 0.15) is 22.8 Å². The fourth-order valence-corrected chi connectivity index (χ4v) is 1.82. The molecule has 0 aliphatic carbocycles. The third kappa shape index (κ3) is 3.95. The molecule has 0 aliphatic rings. The SMILES string of the molecule is C=NC(=Nc1ncc(C(=O)OCC)cc1C)S(C)(=O)=O. The summed E-state index contributed by atoms with van der Waals surface area (Å²) in [6.07, 6.45) is 2.25. The highest BCUT2D eigenvalue weighted by atomic mass is 32.2. The molecule has 0 aromatic carbocycles. The van der Waals surface area contributed by atoms with Crippen molar-refractivity contribution < 1.29 is 17.9 Å². The van der Waals surface area contributed by atoms with E-state index >= 15 is 0 Å². The second-order valence-corrected chi connectivity index (χ2v) is 5.82. The molecule has 0 saturated heterocycles. The van der Waals surface area contributed by atoms with E-state index in [1.807, 2.05) is 0 Å². The smallest absolute Gasteiger partial charge is 0.339 e. The summed E-state index contributed by atoms with van der Waals surface area (Å²) in [6.45, 7) is 6.77. The van der Waals surface area contributed by atoms with Gasteiger partial charge in [0.05, 0.1) is 12.2 Å². The number of ether oxygens (including phenoxy) is 1. The van der Waals surface area contributed by atoms with Crippen molar-refractivity contribution in [1.82, 2.24) is 4.98 Å². The van der Waals surface area contributed by atoms with Crippen molar-refractivity contribution in [2.24, 2.45) is 9.98 Å². The number of rotatable bonds is 3. The van der Waals surface area contributed by atoms with Crippen molar-refractivity contribution in [3.8, 4) is 0 Å². The number of aromatic nitrogens is 1. The van der Waals surface area contributed by atoms with E-state index in [2.05, 4.69) is 21.7 Å². The first-order valence-electron chi connectivity index (χ1n) is 5.68. The predicted octanol–water partition coefficient (Wildman–Crippen LogP) is 1.30. The number of aryl methyl sites for hydroxylation is 1. The maximum Gasteiger partial charge on any atom is 0.339 e. The zero-order valence-electron chi connectivity index (χ0n) is 11.5. The lowest BCUT2D eigenvalue weighted by Gasteiger charge is -2.04. The minimum Gasteiger partial charge on any atom is -0.462 e. The first kappa shape index (κ1) is 16.0. The Hall–Kier alpha value is -2.09. The van der Waals surface area contributed by atoms with Crippen LogP contribution in [0.4, 0.5) is 5.82 Å². The molecule has 0 amide bonds. The van der Waals surface area contributed by atoms with E-state index in [0.717, 1.165) is 6.26 Å². The molecule has 1 heterocycles. The zero-order chi connectivity index (χ0) is 15.3. The van der Waals surface area contributed by atoms with E-state index in [0.29, 0.717) is 5.56 Å². The molecule has 0 saturated carbocycles. The lowest BCUT2D eigenvalue weighted by Crippen LogP contribution is -2.10. The quantitative estimate of drug-likeness (QED) is 0.476. The van der Waals surface area contributed by atoms with Gasteiger partial charge in [-0.2, -0.15) is 4.99 Å². The van der Waals surface area contributed by atoms with Crippen LogP contribution in [0, 0.1) is 6.92 Å². The van der Waals surface area contributed by atoms with Gasteiger partial charge in [0.2, 0.25) is 15.0 Å². The Balaban J connectivity index is 3.20. The molecular formula is C12H15N3O4S. The second-order valence-electron chi connectivity index (χ2n) is 3.91. The van der Waals surface area contributed by atoms with Crippen LogP contribution >= 0.6 is 0 Å². The average Bonchev–Trinajstić information content (AvgIpc) is 2.36. The summed E-state index contributed by atoms with van der Waals surface area (Å²) < 4.78 is 27.6. The molecule has 0 unspecified atom stereocenters. The molecule has 7 nitrogen and oxygen atoms in total. The molecule has 0 atom stereocenters. The van der Waals surface area contributed by atoms with Crippen molar-refractivity contribution >= 4 is 33.5 Å². The number of pyridine rings is 1. The average molecular weight is 297 g/mol. The Bertz CT molecular complexity index is 665. The van der Waals surface area contributed by atoms with Gasteiger partial charge in [-0.1, -0.05) is 0 Å². The van der Waals surface area contributed by atoms with Crippen LogP contribution in [-0.4, -0.2) is 44.1 Å². The number of esters is 1. The van der Waals surface area contributed by atoms with Gasteiger partial charge in [-0.25, -0.2) is 23.2 Å². The lowest BCUT2D eigenvalue weighted by molar-refractivity contribution is 0.0526. The van der Waals surface area contributed by atoms with E-state index < -0.39 is 21.0 Å². The Morgan fingerprint density at radius 2 is 2.15 bits per heavy atom. The fourth-order valence-electron chi connectivity index (χ4n) is 1.34. The molecule has 108 valence electrons. The van der Waals surface area contributed by atoms with Crippen LogP contribution in [0.5, 0.6) is 0 Å². The molecule has 20 heavy (non-hydrogen) atoms. The van der Waals surface area contributed by atoms with Crippen LogP contribution in [0.15, 0.2) is 22.2 Å². The Morgan fingerprint density at radius 1 is 1.50 bits per heavy atom. The number of amidine groups is 1. The van der Waals surface area contributed by atoms with Gasteiger partial charge >= 0.3 is 5.97 Å². The molecule has 1 aromatic rings. The fraction of sp³-hybridized carbons (Fsp3) is 0.333. The maximum atomic E-state index is 11.5. The van der Waals surface area contributed by atoms with E-state index in [1.54, 1.807) is 13.8 Å². The number of hydrogen-bond acceptors (Lipinski definition) is 6. The van der Waals surface area contributed by atoms with Crippen LogP contribution in [0.3, 0.4) is 0 Å². The van der Waals surface area contributed by atoms with Gasteiger partial charge in [0.1, 0.15) is 0 Å². The number of sulfone groups is 1. The summed E-state index contributed by atoms with van der Waals surface area (Å²) in [5.74, 6) is -0.338. The van der Waals surface area contributed by atoms with Crippen molar-refractivity contribution in [1.29, 1.82) is 0 Å². The molecule has 8 heteroatoms. The third-order valence-electron chi connectivity index (χ3n) is 2.23. The van der Waals surface area contributed by atoms with E-state index in [9.17, 15) is 13.2 Å². The molecule has 0 N–H and O–H groups in total. The second kappa shape index (κ2) is 6.38. The monoisotopic (exact) mass is 297 g/mol. The van der Waals surface area contributed by atoms with Crippen molar-refractivity contribution in [2.45, 2.75) is 13.8 Å². The summed E-state index contributed by atoms with van der Waals surface area (Å²) >= 11 is 0. The van der Waals surface area contributed by atoms with Gasteiger partial charge in [-0.3, -0.25) is 0 Å². The van der Waals surface area contributed by atoms with Gasteiger partial charge in [0.25, 0.3) is 0 Å². The molecule has 0 bridgehead atoms. The summed E-state index contributed by atoms with van der Waals surface area (Å²) in [5.41, 5.74) is 0.802. The Kier molecular flexibility index (Phi) is 5.09. The predicted molar refractivity (Wildman–Crippen MR) is 76.4 cm³/mol. The Morgan fingerprint density at radius 3 is 2.60 bits per heavy atom. The van der Waals surface area contributed by atoms with E-state index in [4.69, 9.17) is 4.74 Å². The first-order chi connectivity index (χ1) is 9.29. The van der Waals surface area contributed by atoms with Gasteiger partial charge < -0.3 is 4.74 Å². The minimum absolute atomic E-state index is 0.158. The number of nitrogens with zero attached hydrogens (tertiary/aromatic N) is 3. The third-order valence-corrected chi connectivity index (χ3v) is 3.11. The molecule has 1 rings (SSSR count). The number of carbonyl (C=O) groups is 1. The molecule has 1 aromatic heterocycles. The van der Waals surface area contributed by atoms with E-state index in [1.165, 1.54) is 12.3 Å². The zero-order valence-corrected chi connectivity index (χ0v) is 12.3. The maximum absolute atomic E-state index is 11.5. The van der Waals surface area contributed by atoms with Crippen molar-refractivity contribution in [3.63, 3.8) is 0 Å². The van der Waals surface area contributed by atoms with Crippen molar-refractivity contribution in [2.75, 3.05) is 12.9 Å². The van der Waals surface area contributed by atoms with Crippen LogP contribution in [0.25, 0.3) is 0 Å². The van der Waals surface area contributed by atoms with Crippen molar-refractivity contribution in [3.05, 3.63) is 23.4 Å². The van der Waals surface area contributed by atoms with Gasteiger partial charge in [0, 0.05) is 12.5 Å². The summed E-state index contributed by atoms with van der Waals surface area (Å²) in [4.78, 5) is 22.7. The summed E-state index contributed by atoms with van der Waals surface area (Å²) in [6, 6.07) is 1.52. The van der Waals surface area contributed by atoms with Crippen LogP contribution in [0.2, 0.25) is 0 Å². The largest absolute Gasteiger partial charge is 0.462 e. The van der Waals surface area contributed by atoms with Gasteiger partial charge in [-0.05, 0) is 32.2 Å². The van der Waals surface area contributed by atoms with Gasteiger partial charge in [-0.15, -0.1) is 0 Å². The number of hydrogen-bond donors (Lipinski definition) is 0. The van der Waals surface area contributed by atoms with Crippen LogP contribution in [-0.2, 0) is 14.6 Å². The molecule has 0 aliphatic heterocycles. The molecule has 0 spiro atoms. The highest BCUT2D eigenvalue weighted by molar-refractivity contribution is 8.05. The number of carbonyl (C=O) groups excluding carboxylic acids is 1. The summed E-state index contributed by atoms with van der Waals surface area (Å²) in [7, 11) is -3.58. The minimum atomic E-state index is -3.58. The standard InChI is InChI=1S/C12H15N3O4S/c1-5-19-11(16)9-6-8(2)10(14-7-9)15-12(13-3)20(4,17)18/h6-7H,3,5H2,1-2,4H3. The lowest BCUT2D eigenvalue weighted by atomic mass is 10.2. The first-order valence-corrected chi connectivity index (χ1v) is 7.58. The Labute approximate surface area is 117 Å². The molecular weight excluding hydrogens is 282 g/mol. The van der Waals surface area contributed by atoms with Gasteiger partial charge in [0.15, 0.2) is 5.82 Å². The molecule has 0 fully saturated rings. The highest BCUT2D eigenvalue weighted by Crippen LogP contribution is 2.18.